The van der Waals surface area contributed by atoms with Crippen LogP contribution in [-0.2, 0) is 9.59 Å². The van der Waals surface area contributed by atoms with Gasteiger partial charge in [-0.05, 0) is 35.7 Å². The number of carbonyl (C=O) groups excluding carboxylic acids is 2. The van der Waals surface area contributed by atoms with Crippen LogP contribution in [0.1, 0.15) is 35.6 Å². The summed E-state index contributed by atoms with van der Waals surface area (Å²) >= 11 is 1.10. The number of anilines is 1. The van der Waals surface area contributed by atoms with Crippen LogP contribution in [0.25, 0.3) is 0 Å². The summed E-state index contributed by atoms with van der Waals surface area (Å²) in [4.78, 5) is 27.1. The Labute approximate surface area is 202 Å². The lowest BCUT2D eigenvalue weighted by Crippen LogP contribution is -2.32. The molecule has 0 radical (unpaired) electrons. The van der Waals surface area contributed by atoms with Crippen LogP contribution < -0.4 is 4.90 Å². The zero-order chi connectivity index (χ0) is 23.7. The van der Waals surface area contributed by atoms with E-state index in [1.165, 1.54) is 4.90 Å². The number of carbonyl (C=O) groups is 2. The monoisotopic (exact) mass is 468 g/mol. The summed E-state index contributed by atoms with van der Waals surface area (Å²) in [6.07, 6.45) is 0.725. The molecule has 2 aliphatic rings. The van der Waals surface area contributed by atoms with Gasteiger partial charge in [0.05, 0.1) is 17.4 Å². The van der Waals surface area contributed by atoms with Gasteiger partial charge in [-0.25, -0.2) is 9.91 Å². The molecule has 2 aliphatic heterocycles. The van der Waals surface area contributed by atoms with Crippen LogP contribution in [0.15, 0.2) is 90.0 Å². The van der Waals surface area contributed by atoms with Crippen LogP contribution >= 0.6 is 11.8 Å². The minimum atomic E-state index is -0.645. The third-order valence-electron chi connectivity index (χ3n) is 6.03. The van der Waals surface area contributed by atoms with Crippen molar-refractivity contribution in [3.05, 3.63) is 102 Å². The Balaban J connectivity index is 1.39. The topological polar surface area (TPSA) is 76.8 Å². The largest absolute Gasteiger partial charge is 0.277 e. The van der Waals surface area contributed by atoms with Crippen molar-refractivity contribution < 1.29 is 9.59 Å². The molecule has 7 heteroatoms. The molecular weight excluding hydrogens is 444 g/mol. The number of imide groups is 1. The van der Waals surface area contributed by atoms with Crippen molar-refractivity contribution in [2.45, 2.75) is 31.1 Å². The lowest BCUT2D eigenvalue weighted by Gasteiger charge is -2.24. The van der Waals surface area contributed by atoms with Gasteiger partial charge < -0.3 is 0 Å². The molecule has 1 N–H and O–H groups in total. The second-order valence-corrected chi connectivity index (χ2v) is 9.60. The summed E-state index contributed by atoms with van der Waals surface area (Å²) in [6.45, 7) is 1.93. The van der Waals surface area contributed by atoms with Crippen LogP contribution in [0, 0.1) is 12.3 Å². The van der Waals surface area contributed by atoms with Gasteiger partial charge in [-0.1, -0.05) is 84.6 Å². The minimum Gasteiger partial charge on any atom is -0.277 e. The maximum atomic E-state index is 13.1. The number of amidine groups is 1. The van der Waals surface area contributed by atoms with E-state index in [1.807, 2.05) is 85.8 Å². The molecular formula is C27H24N4O2S. The fourth-order valence-electron chi connectivity index (χ4n) is 4.36. The molecule has 2 heterocycles. The number of thioether (sulfide) groups is 1. The molecule has 5 rings (SSSR count). The number of rotatable bonds is 4. The normalized spacial score (nSPS) is 20.1. The Morgan fingerprint density at radius 2 is 1.65 bits per heavy atom. The number of benzene rings is 3. The van der Waals surface area contributed by atoms with Gasteiger partial charge in [-0.2, -0.15) is 5.10 Å². The third kappa shape index (κ3) is 4.26. The molecule has 2 unspecified atom stereocenters. The first-order valence-electron chi connectivity index (χ1n) is 11.2. The summed E-state index contributed by atoms with van der Waals surface area (Å²) in [5, 5.41) is 14.8. The van der Waals surface area contributed by atoms with Gasteiger partial charge in [0.2, 0.25) is 11.8 Å². The Hall–Kier alpha value is -3.71. The minimum absolute atomic E-state index is 0.0684. The van der Waals surface area contributed by atoms with Crippen molar-refractivity contribution in [2.24, 2.45) is 5.10 Å². The van der Waals surface area contributed by atoms with Crippen LogP contribution in [0.4, 0.5) is 5.69 Å². The van der Waals surface area contributed by atoms with Gasteiger partial charge in [-0.3, -0.25) is 15.0 Å². The Bertz CT molecular complexity index is 1280. The highest BCUT2D eigenvalue weighted by Crippen LogP contribution is 2.37. The molecule has 0 aromatic heterocycles. The van der Waals surface area contributed by atoms with E-state index >= 15 is 0 Å². The first-order valence-corrected chi connectivity index (χ1v) is 12.0. The molecule has 34 heavy (non-hydrogen) atoms. The summed E-state index contributed by atoms with van der Waals surface area (Å²) < 4.78 is 0. The average Bonchev–Trinajstić information content (AvgIpc) is 3.41. The van der Waals surface area contributed by atoms with E-state index in [4.69, 9.17) is 10.5 Å². The van der Waals surface area contributed by atoms with E-state index < -0.39 is 5.25 Å². The van der Waals surface area contributed by atoms with Gasteiger partial charge in [0, 0.05) is 12.8 Å². The lowest BCUT2D eigenvalue weighted by atomic mass is 9.99. The van der Waals surface area contributed by atoms with E-state index in [0.717, 1.165) is 34.2 Å². The number of nitrogens with zero attached hydrogens (tertiary/aromatic N) is 3. The second-order valence-electron chi connectivity index (χ2n) is 8.41. The van der Waals surface area contributed by atoms with Gasteiger partial charge in [0.15, 0.2) is 5.17 Å². The number of hydrogen-bond acceptors (Lipinski definition) is 5. The fourth-order valence-corrected chi connectivity index (χ4v) is 5.34. The second kappa shape index (κ2) is 9.27. The van der Waals surface area contributed by atoms with E-state index in [9.17, 15) is 9.59 Å². The molecule has 0 aliphatic carbocycles. The molecule has 0 bridgehead atoms. The molecule has 1 saturated heterocycles. The molecule has 3 aromatic carbocycles. The molecule has 1 fully saturated rings. The summed E-state index contributed by atoms with van der Waals surface area (Å²) in [5.41, 5.74) is 4.53. The highest BCUT2D eigenvalue weighted by molar-refractivity contribution is 8.14. The van der Waals surface area contributed by atoms with E-state index in [0.29, 0.717) is 12.1 Å². The molecule has 3 aromatic rings. The van der Waals surface area contributed by atoms with Gasteiger partial charge in [-0.15, -0.1) is 0 Å². The predicted octanol–water partition coefficient (Wildman–Crippen LogP) is 5.15. The highest BCUT2D eigenvalue weighted by atomic mass is 32.2. The average molecular weight is 469 g/mol. The maximum absolute atomic E-state index is 13.1. The van der Waals surface area contributed by atoms with Crippen LogP contribution in [0.3, 0.4) is 0 Å². The van der Waals surface area contributed by atoms with Crippen LogP contribution in [-0.4, -0.2) is 33.0 Å². The van der Waals surface area contributed by atoms with Crippen molar-refractivity contribution in [3.63, 3.8) is 0 Å². The summed E-state index contributed by atoms with van der Waals surface area (Å²) in [7, 11) is 0. The van der Waals surface area contributed by atoms with E-state index in [-0.39, 0.29) is 29.4 Å². The number of nitrogens with one attached hydrogen (secondary N) is 1. The zero-order valence-corrected chi connectivity index (χ0v) is 19.5. The van der Waals surface area contributed by atoms with Crippen molar-refractivity contribution in [1.29, 1.82) is 5.41 Å². The van der Waals surface area contributed by atoms with Crippen LogP contribution in [0.2, 0.25) is 0 Å². The molecule has 170 valence electrons. The molecule has 0 spiro atoms. The first-order chi connectivity index (χ1) is 16.5. The Morgan fingerprint density at radius 3 is 2.35 bits per heavy atom. The predicted molar refractivity (Wildman–Crippen MR) is 136 cm³/mol. The van der Waals surface area contributed by atoms with Gasteiger partial charge in [0.25, 0.3) is 0 Å². The fraction of sp³-hybridized carbons (Fsp3) is 0.185. The SMILES string of the molecule is Cc1cccc(N2C(=O)CC(SC(=N)N3N=C(c4ccccc4)CC3c3ccccc3)C2=O)c1. The molecule has 2 atom stereocenters. The number of hydrazone groups is 1. The quantitative estimate of drug-likeness (QED) is 0.327. The first kappa shape index (κ1) is 22.1. The van der Waals surface area contributed by atoms with Crippen molar-refractivity contribution >= 4 is 40.1 Å². The number of hydrogen-bond donors (Lipinski definition) is 1. The highest BCUT2D eigenvalue weighted by Gasteiger charge is 2.42. The molecule has 2 amide bonds. The summed E-state index contributed by atoms with van der Waals surface area (Å²) in [6, 6.07) is 27.1. The van der Waals surface area contributed by atoms with Crippen LogP contribution in [0.5, 0.6) is 0 Å². The van der Waals surface area contributed by atoms with Gasteiger partial charge in [0.1, 0.15) is 5.25 Å². The smallest absolute Gasteiger partial charge is 0.247 e. The maximum Gasteiger partial charge on any atom is 0.247 e. The zero-order valence-electron chi connectivity index (χ0n) is 18.7. The standard InChI is InChI=1S/C27H24N4O2S/c1-18-9-8-14-21(15-18)30-25(32)17-24(26(30)33)34-27(28)31-23(20-12-6-3-7-13-20)16-22(29-31)19-10-4-2-5-11-19/h2-15,23-24,28H,16-17H2,1H3. The number of aryl methyl sites for hydroxylation is 1. The Kier molecular flexibility index (Phi) is 6.02. The van der Waals surface area contributed by atoms with Crippen molar-refractivity contribution in [2.75, 3.05) is 4.90 Å². The number of amides is 2. The van der Waals surface area contributed by atoms with Gasteiger partial charge >= 0.3 is 0 Å². The van der Waals surface area contributed by atoms with Crippen molar-refractivity contribution in [3.8, 4) is 0 Å². The third-order valence-corrected chi connectivity index (χ3v) is 7.09. The van der Waals surface area contributed by atoms with E-state index in [2.05, 4.69) is 0 Å². The lowest BCUT2D eigenvalue weighted by molar-refractivity contribution is -0.121. The molecule has 6 nitrogen and oxygen atoms in total. The Morgan fingerprint density at radius 1 is 0.941 bits per heavy atom. The van der Waals surface area contributed by atoms with E-state index in [1.54, 1.807) is 11.1 Å². The van der Waals surface area contributed by atoms with Crippen molar-refractivity contribution in [1.82, 2.24) is 5.01 Å². The molecule has 0 saturated carbocycles. The summed E-state index contributed by atoms with van der Waals surface area (Å²) in [5.74, 6) is -0.525.